The van der Waals surface area contributed by atoms with Crippen LogP contribution in [0.15, 0.2) is 53.5 Å². The summed E-state index contributed by atoms with van der Waals surface area (Å²) in [4.78, 5) is 0. The molecule has 6 heteroatoms. The second-order valence-electron chi connectivity index (χ2n) is 11.8. The zero-order valence-electron chi connectivity index (χ0n) is 24.7. The molecule has 0 N–H and O–H groups in total. The Morgan fingerprint density at radius 1 is 0.882 bits per heavy atom. The summed E-state index contributed by atoms with van der Waals surface area (Å²) in [6.07, 6.45) is 18.0. The molecule has 1 aliphatic carbocycles. The molecule has 0 aromatic rings. The molecule has 0 saturated heterocycles. The monoisotopic (exact) mass is 571 g/mol. The number of unbranched alkanes of at least 4 members (excludes halogenated alkanes) is 3. The first kappa shape index (κ1) is 36.7. The molecule has 0 aromatic heterocycles. The molecule has 1 rings (SSSR count). The van der Waals surface area contributed by atoms with Crippen LogP contribution in [0.1, 0.15) is 72.6 Å². The third-order valence-corrected chi connectivity index (χ3v) is 69.3. The van der Waals surface area contributed by atoms with Crippen molar-refractivity contribution in [2.45, 2.75) is 130 Å². The SMILES string of the molecule is C=CC(=C)C.CCCC[Si](C)(C)P(=NC1=CC=CC1)([Si](C)(C)CCCC)[Si](C)(C)CCCC.[Ti]. The van der Waals surface area contributed by atoms with Crippen molar-refractivity contribution >= 4 is 28.9 Å². The summed E-state index contributed by atoms with van der Waals surface area (Å²) in [6.45, 7) is 32.8. The fourth-order valence-corrected chi connectivity index (χ4v) is 89.7. The second-order valence-corrected chi connectivity index (χ2v) is 46.4. The van der Waals surface area contributed by atoms with Gasteiger partial charge >= 0.3 is 0 Å². The Hall–Kier alpha value is 0.555. The third-order valence-electron chi connectivity index (χ3n) is 7.43. The standard InChI is InChI=1S/C23H50NPSi3.C5H8.Ti/c1-10-13-20-26(4,5)25(24-23-18-16-17-19-23,27(6,7)21-14-11-2)28(8,9)22-15-12-3;1-4-5(2)3;/h16-18H,10-15,19-22H2,1-9H3;4H,1-2H2,3H3;. The van der Waals surface area contributed by atoms with Crippen LogP contribution in [0, 0.1) is 0 Å². The molecule has 196 valence electrons. The molecule has 0 amide bonds. The topological polar surface area (TPSA) is 12.4 Å². The summed E-state index contributed by atoms with van der Waals surface area (Å²) >= 11 is 0. The van der Waals surface area contributed by atoms with Gasteiger partial charge in [-0.15, -0.1) is 0 Å². The number of hydrogen-bond acceptors (Lipinski definition) is 1. The minimum atomic E-state index is -1.44. The van der Waals surface area contributed by atoms with Gasteiger partial charge in [0.15, 0.2) is 0 Å². The summed E-state index contributed by atoms with van der Waals surface area (Å²) in [6, 6.07) is 4.52. The Morgan fingerprint density at radius 2 is 1.24 bits per heavy atom. The predicted molar refractivity (Wildman–Crippen MR) is 168 cm³/mol. The minimum absolute atomic E-state index is 0. The van der Waals surface area contributed by atoms with Gasteiger partial charge in [-0.3, -0.25) is 4.74 Å². The van der Waals surface area contributed by atoms with E-state index in [1.165, 1.54) is 62.4 Å². The maximum Gasteiger partial charge on any atom is 0.0873 e. The summed E-state index contributed by atoms with van der Waals surface area (Å²) < 4.78 is 6.08. The molecule has 0 bridgehead atoms. The Morgan fingerprint density at radius 3 is 1.47 bits per heavy atom. The molecular weight excluding hydrogens is 513 g/mol. The van der Waals surface area contributed by atoms with Crippen LogP contribution in [0.4, 0.5) is 0 Å². The van der Waals surface area contributed by atoms with Crippen molar-refractivity contribution < 1.29 is 21.7 Å². The van der Waals surface area contributed by atoms with Crippen molar-refractivity contribution in [3.05, 3.63) is 48.7 Å². The summed E-state index contributed by atoms with van der Waals surface area (Å²) in [5.74, 6) is 0. The van der Waals surface area contributed by atoms with Crippen LogP contribution in [-0.4, -0.2) is 23.2 Å². The van der Waals surface area contributed by atoms with Crippen LogP contribution in [-0.2, 0) is 21.7 Å². The van der Waals surface area contributed by atoms with Crippen molar-refractivity contribution in [1.82, 2.24) is 0 Å². The molecule has 0 radical (unpaired) electrons. The van der Waals surface area contributed by atoms with E-state index in [0.717, 1.165) is 12.0 Å². The van der Waals surface area contributed by atoms with Gasteiger partial charge in [-0.05, 0) is 13.0 Å². The average molecular weight is 572 g/mol. The van der Waals surface area contributed by atoms with E-state index in [0.29, 0.717) is 0 Å². The number of rotatable bonds is 14. The minimum Gasteiger partial charge on any atom is -0.283 e. The molecule has 0 fully saturated rings. The Kier molecular flexibility index (Phi) is 18.5. The quantitative estimate of drug-likeness (QED) is 0.112. The predicted octanol–water partition coefficient (Wildman–Crippen LogP) is 11.8. The van der Waals surface area contributed by atoms with Gasteiger partial charge in [0, 0.05) is 33.8 Å². The first-order valence-electron chi connectivity index (χ1n) is 13.5. The van der Waals surface area contributed by atoms with E-state index in [9.17, 15) is 0 Å². The molecule has 0 heterocycles. The molecule has 1 nitrogen and oxygen atoms in total. The van der Waals surface area contributed by atoms with Crippen molar-refractivity contribution in [1.29, 1.82) is 0 Å². The Labute approximate surface area is 233 Å². The van der Waals surface area contributed by atoms with Gasteiger partial charge < -0.3 is 0 Å². The first-order chi connectivity index (χ1) is 15.3. The van der Waals surface area contributed by atoms with Crippen molar-refractivity contribution in [2.24, 2.45) is 4.74 Å². The molecule has 0 spiro atoms. The van der Waals surface area contributed by atoms with E-state index in [2.05, 4.69) is 91.4 Å². The van der Waals surface area contributed by atoms with Gasteiger partial charge in [0.1, 0.15) is 0 Å². The molecule has 0 saturated carbocycles. The van der Waals surface area contributed by atoms with Crippen LogP contribution in [0.3, 0.4) is 0 Å². The smallest absolute Gasteiger partial charge is 0.0873 e. The fourth-order valence-electron chi connectivity index (χ4n) is 5.88. The Bertz CT molecular complexity index is 679. The van der Waals surface area contributed by atoms with Crippen LogP contribution < -0.4 is 0 Å². The van der Waals surface area contributed by atoms with Crippen LogP contribution in [0.25, 0.3) is 0 Å². The molecule has 0 aliphatic heterocycles. The van der Waals surface area contributed by atoms with Crippen molar-refractivity contribution in [3.8, 4) is 0 Å². The molecular formula is C28H58NPSi3Ti. The van der Waals surface area contributed by atoms with E-state index in [1.54, 1.807) is 6.08 Å². The van der Waals surface area contributed by atoms with Gasteiger partial charge in [-0.25, -0.2) is 0 Å². The summed E-state index contributed by atoms with van der Waals surface area (Å²) in [5, 5.41) is 0. The average Bonchev–Trinajstić information content (AvgIpc) is 3.26. The second kappa shape index (κ2) is 17.1. The zero-order valence-corrected chi connectivity index (χ0v) is 30.1. The van der Waals surface area contributed by atoms with E-state index < -0.39 is 28.9 Å². The molecule has 0 aromatic carbocycles. The van der Waals surface area contributed by atoms with Crippen molar-refractivity contribution in [2.75, 3.05) is 0 Å². The molecule has 0 unspecified atom stereocenters. The van der Waals surface area contributed by atoms with Gasteiger partial charge in [0.25, 0.3) is 0 Å². The van der Waals surface area contributed by atoms with Gasteiger partial charge in [0.05, 0.1) is 23.2 Å². The normalized spacial score (nSPS) is 14.0. The molecule has 1 aliphatic rings. The van der Waals surface area contributed by atoms with Gasteiger partial charge in [-0.1, -0.05) is 159 Å². The zero-order chi connectivity index (χ0) is 25.8. The van der Waals surface area contributed by atoms with Gasteiger partial charge in [0.2, 0.25) is 0 Å². The number of allylic oxidation sites excluding steroid dienone is 5. The number of nitrogens with zero attached hydrogens (tertiary/aromatic N) is 1. The van der Waals surface area contributed by atoms with Crippen LogP contribution >= 0.6 is 5.70 Å². The van der Waals surface area contributed by atoms with Crippen molar-refractivity contribution in [3.63, 3.8) is 0 Å². The number of hydrogen-bond donors (Lipinski definition) is 0. The van der Waals surface area contributed by atoms with Gasteiger partial charge in [-0.2, -0.15) is 0 Å². The Balaban J connectivity index is 0. The third kappa shape index (κ3) is 10.1. The summed E-state index contributed by atoms with van der Waals surface area (Å²) in [7, 11) is -4.33. The van der Waals surface area contributed by atoms with E-state index >= 15 is 0 Å². The molecule has 34 heavy (non-hydrogen) atoms. The fraction of sp³-hybridized carbons (Fsp3) is 0.714. The van der Waals surface area contributed by atoms with E-state index in [1.807, 2.05) is 6.92 Å². The molecule has 0 atom stereocenters. The van der Waals surface area contributed by atoms with E-state index in [4.69, 9.17) is 4.74 Å². The summed E-state index contributed by atoms with van der Waals surface area (Å²) in [5.41, 5.74) is 1.15. The van der Waals surface area contributed by atoms with E-state index in [-0.39, 0.29) is 21.7 Å². The first-order valence-corrected chi connectivity index (χ1v) is 27.4. The maximum absolute atomic E-state index is 6.08. The largest absolute Gasteiger partial charge is 0.283 e. The van der Waals surface area contributed by atoms with Crippen LogP contribution in [0.5, 0.6) is 0 Å². The van der Waals surface area contributed by atoms with Crippen LogP contribution in [0.2, 0.25) is 57.4 Å². The maximum atomic E-state index is 6.08.